The number of hydrogen-bond donors (Lipinski definition) is 8. The van der Waals surface area contributed by atoms with Crippen LogP contribution in [0.4, 0.5) is 0 Å². The monoisotopic (exact) mass is 558 g/mol. The lowest BCUT2D eigenvalue weighted by molar-refractivity contribution is -0.148. The van der Waals surface area contributed by atoms with Crippen molar-refractivity contribution in [3.63, 3.8) is 0 Å². The zero-order valence-electron chi connectivity index (χ0n) is 19.8. The van der Waals surface area contributed by atoms with Crippen molar-refractivity contribution in [3.8, 4) is 0 Å². The summed E-state index contributed by atoms with van der Waals surface area (Å²) in [6.07, 6.45) is 2.12. The van der Waals surface area contributed by atoms with Crippen molar-refractivity contribution in [3.05, 3.63) is 0 Å². The lowest BCUT2D eigenvalue weighted by Gasteiger charge is -2.08. The van der Waals surface area contributed by atoms with Crippen LogP contribution in [-0.4, -0.2) is 79.5 Å². The number of carboxylic acids is 6. The molecule has 0 radical (unpaired) electrons. The minimum atomic E-state index is -1.08. The molecule has 0 spiro atoms. The number of unbranched alkanes of at least 4 members (excludes halogenated alkanes) is 1. The van der Waals surface area contributed by atoms with Gasteiger partial charge in [0.15, 0.2) is 0 Å². The van der Waals surface area contributed by atoms with Gasteiger partial charge in [-0.3, -0.25) is 28.8 Å². The molecule has 38 heavy (non-hydrogen) atoms. The summed E-state index contributed by atoms with van der Waals surface area (Å²) in [5, 5.41) is 50.5. The fourth-order valence-corrected chi connectivity index (χ4v) is 2.56. The molecule has 0 saturated heterocycles. The Morgan fingerprint density at radius 2 is 0.816 bits per heavy atom. The van der Waals surface area contributed by atoms with Crippen LogP contribution in [-0.2, 0) is 28.8 Å². The second-order valence-electron chi connectivity index (χ2n) is 7.52. The van der Waals surface area contributed by atoms with E-state index >= 15 is 0 Å². The van der Waals surface area contributed by atoms with Gasteiger partial charge < -0.3 is 42.1 Å². The summed E-state index contributed by atoms with van der Waals surface area (Å²) in [6, 6.07) is 0. The number of nitrogens with two attached hydrogens (primary N) is 2. The van der Waals surface area contributed by atoms with Crippen LogP contribution in [0.5, 0.6) is 0 Å². The molecule has 3 unspecified atom stereocenters. The van der Waals surface area contributed by atoms with Gasteiger partial charge in [0, 0.05) is 0 Å². The molecule has 0 saturated carbocycles. The first-order valence-corrected chi connectivity index (χ1v) is 11.0. The second-order valence-corrected chi connectivity index (χ2v) is 7.52. The topological polar surface area (TPSA) is 276 Å². The Balaban J connectivity index is -0.0000000980. The normalized spacial score (nSPS) is 11.4. The summed E-state index contributed by atoms with van der Waals surface area (Å²) < 4.78 is 0. The molecular weight excluding hydrogens is 508 g/mol. The smallest absolute Gasteiger partial charge is 0.307 e. The van der Waals surface area contributed by atoms with Crippen LogP contribution in [0.3, 0.4) is 0 Å². The molecule has 0 rings (SSSR count). The highest BCUT2D eigenvalue weighted by atomic mass is 16.4. The first-order valence-electron chi connectivity index (χ1n) is 11.0. The summed E-state index contributed by atoms with van der Waals surface area (Å²) in [5.74, 6) is -8.67. The minimum absolute atomic E-state index is 0. The number of carboxylic acid groups (broad SMARTS) is 6. The number of hydrogen-bond acceptors (Lipinski definition) is 8. The highest BCUT2D eigenvalue weighted by molar-refractivity contribution is 5.78. The van der Waals surface area contributed by atoms with E-state index < -0.39 is 53.6 Å². The van der Waals surface area contributed by atoms with Gasteiger partial charge in [-0.05, 0) is 45.2 Å². The van der Waals surface area contributed by atoms with Gasteiger partial charge in [-0.25, -0.2) is 0 Å². The highest BCUT2D eigenvalue weighted by Gasteiger charge is 2.21. The molecule has 3 atom stereocenters. The molecule has 0 aliphatic carbocycles. The van der Waals surface area contributed by atoms with E-state index in [2.05, 4.69) is 0 Å². The molecule has 228 valence electrons. The SMILES string of the molecule is C.C.C.CCC(CC(=O)O)C(=O)O.NCCCC(CC(=O)O)C(=O)O.NCCCCC(CC(=O)O)C(=O)O. The third-order valence-electron chi connectivity index (χ3n) is 4.57. The maximum atomic E-state index is 10.5. The molecule has 0 aromatic carbocycles. The molecule has 0 fully saturated rings. The molecule has 14 nitrogen and oxygen atoms in total. The van der Waals surface area contributed by atoms with Gasteiger partial charge in [-0.1, -0.05) is 35.6 Å². The maximum Gasteiger partial charge on any atom is 0.307 e. The largest absolute Gasteiger partial charge is 0.481 e. The number of aliphatic carboxylic acids is 6. The zero-order chi connectivity index (χ0) is 28.0. The fourth-order valence-electron chi connectivity index (χ4n) is 2.56. The highest BCUT2D eigenvalue weighted by Crippen LogP contribution is 2.13. The lowest BCUT2D eigenvalue weighted by Crippen LogP contribution is -2.18. The number of carbonyl (C=O) groups is 6. The number of rotatable bonds is 17. The van der Waals surface area contributed by atoms with Gasteiger partial charge in [-0.15, -0.1) is 0 Å². The van der Waals surface area contributed by atoms with E-state index in [1.165, 1.54) is 0 Å². The van der Waals surface area contributed by atoms with E-state index in [4.69, 9.17) is 42.1 Å². The summed E-state index contributed by atoms with van der Waals surface area (Å²) in [6.45, 7) is 2.56. The van der Waals surface area contributed by atoms with Crippen LogP contribution in [0.1, 0.15) is 87.0 Å². The second kappa shape index (κ2) is 30.0. The molecule has 0 aliphatic rings. The Hall–Kier alpha value is -3.26. The Morgan fingerprint density at radius 1 is 0.526 bits per heavy atom. The van der Waals surface area contributed by atoms with Gasteiger partial charge in [0.2, 0.25) is 0 Å². The first-order chi connectivity index (χ1) is 16.2. The van der Waals surface area contributed by atoms with Crippen molar-refractivity contribution in [2.75, 3.05) is 13.1 Å². The van der Waals surface area contributed by atoms with Crippen LogP contribution in [0.15, 0.2) is 0 Å². The first kappa shape index (κ1) is 47.9. The molecule has 0 aromatic heterocycles. The Kier molecular flexibility index (Phi) is 37.8. The van der Waals surface area contributed by atoms with Crippen LogP contribution in [0.25, 0.3) is 0 Å². The van der Waals surface area contributed by atoms with Crippen molar-refractivity contribution in [1.82, 2.24) is 0 Å². The lowest BCUT2D eigenvalue weighted by atomic mass is 9.99. The van der Waals surface area contributed by atoms with E-state index in [0.717, 1.165) is 6.42 Å². The molecule has 0 bridgehead atoms. The maximum absolute atomic E-state index is 10.5. The van der Waals surface area contributed by atoms with E-state index in [-0.39, 0.29) is 41.5 Å². The van der Waals surface area contributed by atoms with Crippen molar-refractivity contribution in [2.24, 2.45) is 29.2 Å². The van der Waals surface area contributed by atoms with Crippen LogP contribution in [0, 0.1) is 17.8 Å². The third kappa shape index (κ3) is 32.7. The predicted molar refractivity (Wildman–Crippen MR) is 142 cm³/mol. The molecule has 0 aromatic rings. The Morgan fingerprint density at radius 3 is 1.03 bits per heavy atom. The predicted octanol–water partition coefficient (Wildman–Crippen LogP) is 2.67. The van der Waals surface area contributed by atoms with Gasteiger partial charge in [0.25, 0.3) is 0 Å². The summed E-state index contributed by atoms with van der Waals surface area (Å²) >= 11 is 0. The Labute approximate surface area is 225 Å². The third-order valence-corrected chi connectivity index (χ3v) is 4.57. The van der Waals surface area contributed by atoms with Gasteiger partial charge in [0.05, 0.1) is 37.0 Å². The van der Waals surface area contributed by atoms with Crippen molar-refractivity contribution in [1.29, 1.82) is 0 Å². The van der Waals surface area contributed by atoms with Crippen LogP contribution in [0.2, 0.25) is 0 Å². The van der Waals surface area contributed by atoms with Crippen LogP contribution >= 0.6 is 0 Å². The molecule has 10 N–H and O–H groups in total. The molecule has 0 aliphatic heterocycles. The molecule has 0 heterocycles. The van der Waals surface area contributed by atoms with Crippen molar-refractivity contribution >= 4 is 35.8 Å². The average Bonchev–Trinajstić information content (AvgIpc) is 2.74. The summed E-state index contributed by atoms with van der Waals surface area (Å²) in [7, 11) is 0. The van der Waals surface area contributed by atoms with Gasteiger partial charge >= 0.3 is 35.8 Å². The van der Waals surface area contributed by atoms with E-state index in [0.29, 0.717) is 45.2 Å². The Bertz CT molecular complexity index is 671. The van der Waals surface area contributed by atoms with E-state index in [1.807, 2.05) is 0 Å². The molecule has 14 heteroatoms. The zero-order valence-corrected chi connectivity index (χ0v) is 19.8. The van der Waals surface area contributed by atoms with Gasteiger partial charge in [0.1, 0.15) is 0 Å². The van der Waals surface area contributed by atoms with Crippen molar-refractivity contribution in [2.45, 2.75) is 87.0 Å². The van der Waals surface area contributed by atoms with Gasteiger partial charge in [-0.2, -0.15) is 0 Å². The van der Waals surface area contributed by atoms with Crippen LogP contribution < -0.4 is 11.5 Å². The summed E-state index contributed by atoms with van der Waals surface area (Å²) in [5.41, 5.74) is 10.4. The van der Waals surface area contributed by atoms with E-state index in [1.54, 1.807) is 6.92 Å². The van der Waals surface area contributed by atoms with Crippen molar-refractivity contribution < 1.29 is 59.4 Å². The standard InChI is InChI=1S/C8H15NO4.C7H13NO4.C6H10O4.3CH4/c9-4-2-1-3-6(8(12)13)5-7(10)11;8-3-1-2-5(7(11)12)4-6(9)10;1-2-4(6(9)10)3-5(7)8;;;/h6H,1-5,9H2,(H,10,11)(H,12,13);5H,1-4,8H2,(H,9,10)(H,11,12);4H,2-3H2,1H3,(H,7,8)(H,9,10);3*1H4. The fraction of sp³-hybridized carbons (Fsp3) is 0.750. The quantitative estimate of drug-likeness (QED) is 0.119. The molecular formula is C24H50N2O12. The molecule has 0 amide bonds. The van der Waals surface area contributed by atoms with E-state index in [9.17, 15) is 28.8 Å². The summed E-state index contributed by atoms with van der Waals surface area (Å²) in [4.78, 5) is 61.6. The minimum Gasteiger partial charge on any atom is -0.481 e. The average molecular weight is 559 g/mol.